The van der Waals surface area contributed by atoms with Crippen molar-refractivity contribution in [2.24, 2.45) is 4.99 Å². The number of rotatable bonds is 5. The molecule has 0 fully saturated rings. The SMILES string of the molecule is COc1ccc(C2=Nc3ccccc3N(CC(=O)Nc3ccc(Br)c(C)c3)C(=O)C2)cc1. The van der Waals surface area contributed by atoms with Crippen LogP contribution in [0.4, 0.5) is 17.1 Å². The van der Waals surface area contributed by atoms with Gasteiger partial charge in [-0.05, 0) is 72.6 Å². The number of fused-ring (bicyclic) bond motifs is 1. The second kappa shape index (κ2) is 9.36. The first-order valence-electron chi connectivity index (χ1n) is 10.1. The van der Waals surface area contributed by atoms with Crippen LogP contribution in [-0.2, 0) is 9.59 Å². The zero-order valence-electron chi connectivity index (χ0n) is 17.8. The van der Waals surface area contributed by atoms with Crippen LogP contribution in [0.25, 0.3) is 0 Å². The number of benzene rings is 3. The van der Waals surface area contributed by atoms with Crippen LogP contribution in [0.2, 0.25) is 0 Å². The Balaban J connectivity index is 1.59. The van der Waals surface area contributed by atoms with E-state index in [1.54, 1.807) is 7.11 Å². The van der Waals surface area contributed by atoms with Gasteiger partial charge in [-0.15, -0.1) is 0 Å². The minimum Gasteiger partial charge on any atom is -0.497 e. The number of nitrogens with zero attached hydrogens (tertiary/aromatic N) is 2. The number of ether oxygens (including phenoxy) is 1. The second-order valence-corrected chi connectivity index (χ2v) is 8.30. The molecule has 0 aliphatic carbocycles. The monoisotopic (exact) mass is 491 g/mol. The molecule has 6 nitrogen and oxygen atoms in total. The number of methoxy groups -OCH3 is 1. The normalized spacial score (nSPS) is 13.2. The molecule has 1 N–H and O–H groups in total. The predicted octanol–water partition coefficient (Wildman–Crippen LogP) is 5.26. The molecule has 162 valence electrons. The van der Waals surface area contributed by atoms with Crippen LogP contribution >= 0.6 is 15.9 Å². The topological polar surface area (TPSA) is 71.0 Å². The van der Waals surface area contributed by atoms with E-state index < -0.39 is 0 Å². The third-order valence-corrected chi connectivity index (χ3v) is 6.10. The van der Waals surface area contributed by atoms with Crippen LogP contribution in [0.5, 0.6) is 5.75 Å². The summed E-state index contributed by atoms with van der Waals surface area (Å²) >= 11 is 3.46. The lowest BCUT2D eigenvalue weighted by Gasteiger charge is -2.22. The Labute approximate surface area is 195 Å². The molecule has 7 heteroatoms. The van der Waals surface area contributed by atoms with Gasteiger partial charge in [-0.25, -0.2) is 0 Å². The molecule has 1 aliphatic rings. The summed E-state index contributed by atoms with van der Waals surface area (Å²) in [5.41, 5.74) is 4.44. The first-order valence-corrected chi connectivity index (χ1v) is 10.9. The number of carbonyl (C=O) groups is 2. The Morgan fingerprint density at radius 3 is 2.59 bits per heavy atom. The molecule has 0 atom stereocenters. The van der Waals surface area contributed by atoms with Gasteiger partial charge in [0.25, 0.3) is 0 Å². The molecule has 0 saturated heterocycles. The average molecular weight is 492 g/mol. The zero-order chi connectivity index (χ0) is 22.7. The molecular formula is C25H22BrN3O3. The molecule has 0 radical (unpaired) electrons. The highest BCUT2D eigenvalue weighted by molar-refractivity contribution is 9.10. The summed E-state index contributed by atoms with van der Waals surface area (Å²) in [6.07, 6.45) is 0.0890. The molecular weight excluding hydrogens is 470 g/mol. The molecule has 0 saturated carbocycles. The lowest BCUT2D eigenvalue weighted by Crippen LogP contribution is -2.38. The lowest BCUT2D eigenvalue weighted by molar-refractivity contribution is -0.120. The standard InChI is InChI=1S/C25H22BrN3O3/c1-16-13-18(9-12-20(16)26)27-24(30)15-29-23-6-4-3-5-21(23)28-22(14-25(29)31)17-7-10-19(32-2)11-8-17/h3-13H,14-15H2,1-2H3,(H,27,30). The average Bonchev–Trinajstić information content (AvgIpc) is 2.93. The van der Waals surface area contributed by atoms with Gasteiger partial charge in [0.1, 0.15) is 12.3 Å². The molecule has 3 aromatic carbocycles. The van der Waals surface area contributed by atoms with E-state index in [0.29, 0.717) is 22.8 Å². The van der Waals surface area contributed by atoms with Crippen molar-refractivity contribution in [2.45, 2.75) is 13.3 Å². The first-order chi connectivity index (χ1) is 15.4. The van der Waals surface area contributed by atoms with Gasteiger partial charge >= 0.3 is 0 Å². The van der Waals surface area contributed by atoms with Crippen LogP contribution in [0, 0.1) is 6.92 Å². The van der Waals surface area contributed by atoms with Crippen molar-refractivity contribution in [3.63, 3.8) is 0 Å². The fraction of sp³-hybridized carbons (Fsp3) is 0.160. The summed E-state index contributed by atoms with van der Waals surface area (Å²) in [7, 11) is 1.61. The number of aliphatic imine (C=N–C) groups is 1. The predicted molar refractivity (Wildman–Crippen MR) is 130 cm³/mol. The number of hydrogen-bond acceptors (Lipinski definition) is 4. The number of carbonyl (C=O) groups excluding carboxylic acids is 2. The van der Waals surface area contributed by atoms with E-state index in [-0.39, 0.29) is 24.8 Å². The summed E-state index contributed by atoms with van der Waals surface area (Å²) in [5, 5.41) is 2.88. The first kappa shape index (κ1) is 21.8. The Morgan fingerprint density at radius 1 is 1.12 bits per heavy atom. The van der Waals surface area contributed by atoms with E-state index in [9.17, 15) is 9.59 Å². The summed E-state index contributed by atoms with van der Waals surface area (Å²) in [4.78, 5) is 32.3. The fourth-order valence-corrected chi connectivity index (χ4v) is 3.78. The van der Waals surface area contributed by atoms with E-state index in [0.717, 1.165) is 21.3 Å². The molecule has 2 amide bonds. The van der Waals surface area contributed by atoms with Gasteiger partial charge in [0.05, 0.1) is 30.6 Å². The molecule has 1 heterocycles. The maximum Gasteiger partial charge on any atom is 0.244 e. The highest BCUT2D eigenvalue weighted by atomic mass is 79.9. The van der Waals surface area contributed by atoms with Gasteiger partial charge in [0, 0.05) is 10.2 Å². The Bertz CT molecular complexity index is 1210. The van der Waals surface area contributed by atoms with Gasteiger partial charge in [0.15, 0.2) is 0 Å². The lowest BCUT2D eigenvalue weighted by atomic mass is 10.1. The van der Waals surface area contributed by atoms with Crippen LogP contribution < -0.4 is 15.0 Å². The summed E-state index contributed by atoms with van der Waals surface area (Å²) in [6.45, 7) is 1.85. The van der Waals surface area contributed by atoms with Crippen molar-refractivity contribution in [2.75, 3.05) is 23.9 Å². The van der Waals surface area contributed by atoms with Crippen molar-refractivity contribution in [1.82, 2.24) is 0 Å². The minimum absolute atomic E-state index is 0.0890. The Morgan fingerprint density at radius 2 is 1.88 bits per heavy atom. The van der Waals surface area contributed by atoms with E-state index in [1.165, 1.54) is 4.90 Å². The molecule has 0 aromatic heterocycles. The number of nitrogens with one attached hydrogen (secondary N) is 1. The molecule has 32 heavy (non-hydrogen) atoms. The van der Waals surface area contributed by atoms with E-state index in [2.05, 4.69) is 21.2 Å². The molecule has 0 unspecified atom stereocenters. The number of hydrogen-bond donors (Lipinski definition) is 1. The largest absolute Gasteiger partial charge is 0.497 e. The molecule has 1 aliphatic heterocycles. The molecule has 4 rings (SSSR count). The third-order valence-electron chi connectivity index (χ3n) is 5.21. The van der Waals surface area contributed by atoms with Crippen molar-refractivity contribution < 1.29 is 14.3 Å². The maximum atomic E-state index is 13.2. The summed E-state index contributed by atoms with van der Waals surface area (Å²) < 4.78 is 6.19. The Hall–Kier alpha value is -3.45. The second-order valence-electron chi connectivity index (χ2n) is 7.44. The summed E-state index contributed by atoms with van der Waals surface area (Å²) in [5.74, 6) is 0.269. The van der Waals surface area contributed by atoms with Crippen LogP contribution in [0.15, 0.2) is 76.2 Å². The number of aryl methyl sites for hydroxylation is 1. The van der Waals surface area contributed by atoms with Crippen molar-refractivity contribution in [1.29, 1.82) is 0 Å². The number of para-hydroxylation sites is 2. The van der Waals surface area contributed by atoms with Gasteiger partial charge in [-0.1, -0.05) is 28.1 Å². The van der Waals surface area contributed by atoms with Crippen LogP contribution in [0.3, 0.4) is 0 Å². The highest BCUT2D eigenvalue weighted by Crippen LogP contribution is 2.33. The van der Waals surface area contributed by atoms with E-state index in [1.807, 2.05) is 73.7 Å². The van der Waals surface area contributed by atoms with Gasteiger partial charge in [0.2, 0.25) is 11.8 Å². The van der Waals surface area contributed by atoms with Crippen molar-refractivity contribution >= 4 is 50.5 Å². The van der Waals surface area contributed by atoms with Crippen molar-refractivity contribution in [3.05, 3.63) is 82.3 Å². The molecule has 0 spiro atoms. The van der Waals surface area contributed by atoms with Crippen molar-refractivity contribution in [3.8, 4) is 5.75 Å². The number of amides is 2. The molecule has 3 aromatic rings. The van der Waals surface area contributed by atoms with E-state index in [4.69, 9.17) is 9.73 Å². The van der Waals surface area contributed by atoms with Crippen LogP contribution in [-0.4, -0.2) is 31.2 Å². The Kier molecular flexibility index (Phi) is 6.37. The summed E-state index contributed by atoms with van der Waals surface area (Å²) in [6, 6.07) is 20.4. The smallest absolute Gasteiger partial charge is 0.244 e. The quantitative estimate of drug-likeness (QED) is 0.528. The molecule has 0 bridgehead atoms. The number of anilines is 2. The van der Waals surface area contributed by atoms with Gasteiger partial charge in [-0.3, -0.25) is 14.6 Å². The zero-order valence-corrected chi connectivity index (χ0v) is 19.3. The van der Waals surface area contributed by atoms with Gasteiger partial charge < -0.3 is 15.0 Å². The minimum atomic E-state index is -0.275. The third kappa shape index (κ3) is 4.73. The number of halogens is 1. The van der Waals surface area contributed by atoms with E-state index >= 15 is 0 Å². The fourth-order valence-electron chi connectivity index (χ4n) is 3.53. The van der Waals surface area contributed by atoms with Gasteiger partial charge in [-0.2, -0.15) is 0 Å². The highest BCUT2D eigenvalue weighted by Gasteiger charge is 2.26. The van der Waals surface area contributed by atoms with Crippen LogP contribution in [0.1, 0.15) is 17.5 Å². The maximum absolute atomic E-state index is 13.2.